The lowest BCUT2D eigenvalue weighted by atomic mass is 10.1. The van der Waals surface area contributed by atoms with Crippen molar-refractivity contribution < 1.29 is 14.1 Å². The average molecular weight is 442 g/mol. The summed E-state index contributed by atoms with van der Waals surface area (Å²) in [5, 5.41) is 11.1. The minimum absolute atomic E-state index is 0.0875. The first-order valence-corrected chi connectivity index (χ1v) is 11.0. The zero-order valence-corrected chi connectivity index (χ0v) is 17.8. The standard InChI is InChI=1S/C25H19N3O3S/c29-23(16-30-20-12-11-17-6-1-2-7-18(17)14-20)26-21-9-4-3-8-19(21)15-24-27-25(28-31-24)22-10-5-13-32-22/h1-14H,15-16H2,(H,26,29). The predicted octanol–water partition coefficient (Wildman–Crippen LogP) is 5.56. The molecule has 6 nitrogen and oxygen atoms in total. The number of thiophene rings is 1. The van der Waals surface area contributed by atoms with E-state index in [1.165, 1.54) is 0 Å². The van der Waals surface area contributed by atoms with E-state index in [2.05, 4.69) is 15.5 Å². The van der Waals surface area contributed by atoms with Crippen LogP contribution in [0.5, 0.6) is 5.75 Å². The van der Waals surface area contributed by atoms with E-state index in [4.69, 9.17) is 9.26 Å². The van der Waals surface area contributed by atoms with Crippen LogP contribution >= 0.6 is 11.3 Å². The molecule has 0 bridgehead atoms. The highest BCUT2D eigenvalue weighted by atomic mass is 32.1. The Kier molecular flexibility index (Phi) is 5.63. The number of ether oxygens (including phenoxy) is 1. The molecule has 1 N–H and O–H groups in total. The summed E-state index contributed by atoms with van der Waals surface area (Å²) in [5.41, 5.74) is 1.57. The summed E-state index contributed by atoms with van der Waals surface area (Å²) in [7, 11) is 0. The van der Waals surface area contributed by atoms with Gasteiger partial charge in [0.05, 0.1) is 11.3 Å². The van der Waals surface area contributed by atoms with Crippen molar-refractivity contribution in [1.82, 2.24) is 10.1 Å². The molecule has 2 aromatic heterocycles. The van der Waals surface area contributed by atoms with Crippen molar-refractivity contribution in [2.24, 2.45) is 0 Å². The molecule has 7 heteroatoms. The molecule has 32 heavy (non-hydrogen) atoms. The van der Waals surface area contributed by atoms with E-state index in [1.807, 2.05) is 84.2 Å². The number of fused-ring (bicyclic) bond motifs is 1. The quantitative estimate of drug-likeness (QED) is 0.358. The van der Waals surface area contributed by atoms with Crippen LogP contribution in [0.25, 0.3) is 21.5 Å². The van der Waals surface area contributed by atoms with Crippen molar-refractivity contribution in [3.63, 3.8) is 0 Å². The van der Waals surface area contributed by atoms with E-state index in [0.29, 0.717) is 29.6 Å². The van der Waals surface area contributed by atoms with Crippen LogP contribution in [-0.2, 0) is 11.2 Å². The van der Waals surface area contributed by atoms with Crippen LogP contribution in [0.15, 0.2) is 88.8 Å². The summed E-state index contributed by atoms with van der Waals surface area (Å²) in [6.07, 6.45) is 0.417. The number of anilines is 1. The lowest BCUT2D eigenvalue weighted by molar-refractivity contribution is -0.118. The van der Waals surface area contributed by atoms with Gasteiger partial charge in [-0.2, -0.15) is 4.98 Å². The van der Waals surface area contributed by atoms with E-state index in [-0.39, 0.29) is 12.5 Å². The van der Waals surface area contributed by atoms with Gasteiger partial charge in [-0.15, -0.1) is 11.3 Å². The van der Waals surface area contributed by atoms with Crippen molar-refractivity contribution in [2.45, 2.75) is 6.42 Å². The van der Waals surface area contributed by atoms with Crippen LogP contribution in [-0.4, -0.2) is 22.7 Å². The van der Waals surface area contributed by atoms with Crippen molar-refractivity contribution in [3.05, 3.63) is 95.7 Å². The van der Waals surface area contributed by atoms with Crippen LogP contribution in [0.4, 0.5) is 5.69 Å². The molecule has 0 aliphatic carbocycles. The third-order valence-corrected chi connectivity index (χ3v) is 5.80. The van der Waals surface area contributed by atoms with E-state index in [1.54, 1.807) is 11.3 Å². The summed E-state index contributed by atoms with van der Waals surface area (Å²) in [6.45, 7) is -0.0875. The molecule has 0 atom stereocenters. The first-order valence-electron chi connectivity index (χ1n) is 10.1. The molecule has 0 aliphatic rings. The second-order valence-corrected chi connectivity index (χ2v) is 8.12. The Bertz CT molecular complexity index is 1360. The number of hydrogen-bond donors (Lipinski definition) is 1. The summed E-state index contributed by atoms with van der Waals surface area (Å²) >= 11 is 1.56. The summed E-state index contributed by atoms with van der Waals surface area (Å²) in [4.78, 5) is 17.9. The minimum Gasteiger partial charge on any atom is -0.484 e. The Balaban J connectivity index is 1.24. The Morgan fingerprint density at radius 3 is 2.69 bits per heavy atom. The molecule has 0 fully saturated rings. The number of nitrogens with zero attached hydrogens (tertiary/aromatic N) is 2. The van der Waals surface area contributed by atoms with Gasteiger partial charge < -0.3 is 14.6 Å². The molecule has 5 rings (SSSR count). The Labute approximate surface area is 188 Å². The van der Waals surface area contributed by atoms with Gasteiger partial charge in [-0.1, -0.05) is 59.8 Å². The van der Waals surface area contributed by atoms with Gasteiger partial charge in [0.1, 0.15) is 5.75 Å². The molecule has 3 aromatic carbocycles. The Morgan fingerprint density at radius 2 is 1.81 bits per heavy atom. The van der Waals surface area contributed by atoms with Gasteiger partial charge in [0.15, 0.2) is 6.61 Å². The lowest BCUT2D eigenvalue weighted by Crippen LogP contribution is -2.21. The second kappa shape index (κ2) is 9.03. The molecule has 0 aliphatic heterocycles. The number of nitrogens with one attached hydrogen (secondary N) is 1. The van der Waals surface area contributed by atoms with Gasteiger partial charge in [-0.05, 0) is 46.0 Å². The summed E-state index contributed by atoms with van der Waals surface area (Å²) in [6, 6.07) is 25.2. The molecular weight excluding hydrogens is 422 g/mol. The van der Waals surface area contributed by atoms with Gasteiger partial charge in [0, 0.05) is 5.69 Å². The predicted molar refractivity (Wildman–Crippen MR) is 125 cm³/mol. The maximum Gasteiger partial charge on any atom is 0.262 e. The number of amides is 1. The molecule has 5 aromatic rings. The number of para-hydroxylation sites is 1. The van der Waals surface area contributed by atoms with Gasteiger partial charge in [0.2, 0.25) is 11.7 Å². The molecule has 1 amide bonds. The topological polar surface area (TPSA) is 77.2 Å². The minimum atomic E-state index is -0.240. The summed E-state index contributed by atoms with van der Waals surface area (Å²) in [5.74, 6) is 1.47. The normalized spacial score (nSPS) is 10.9. The monoisotopic (exact) mass is 441 g/mol. The molecule has 0 saturated heterocycles. The maximum absolute atomic E-state index is 12.5. The maximum atomic E-state index is 12.5. The van der Waals surface area contributed by atoms with Gasteiger partial charge in [0.25, 0.3) is 5.91 Å². The third kappa shape index (κ3) is 4.53. The van der Waals surface area contributed by atoms with Gasteiger partial charge in [-0.25, -0.2) is 0 Å². The Hall–Kier alpha value is -3.97. The molecule has 0 spiro atoms. The van der Waals surface area contributed by atoms with Crippen LogP contribution in [0.3, 0.4) is 0 Å². The fourth-order valence-electron chi connectivity index (χ4n) is 3.38. The van der Waals surface area contributed by atoms with Crippen molar-refractivity contribution in [2.75, 3.05) is 11.9 Å². The molecular formula is C25H19N3O3S. The van der Waals surface area contributed by atoms with Crippen LogP contribution in [0, 0.1) is 0 Å². The van der Waals surface area contributed by atoms with E-state index >= 15 is 0 Å². The van der Waals surface area contributed by atoms with E-state index in [9.17, 15) is 4.79 Å². The van der Waals surface area contributed by atoms with Crippen LogP contribution < -0.4 is 10.1 Å². The van der Waals surface area contributed by atoms with Gasteiger partial charge >= 0.3 is 0 Å². The SMILES string of the molecule is O=C(COc1ccc2ccccc2c1)Nc1ccccc1Cc1nc(-c2cccs2)no1. The van der Waals surface area contributed by atoms with Crippen molar-refractivity contribution in [1.29, 1.82) is 0 Å². The molecule has 0 unspecified atom stereocenters. The highest BCUT2D eigenvalue weighted by Crippen LogP contribution is 2.24. The molecule has 0 radical (unpaired) electrons. The van der Waals surface area contributed by atoms with Crippen molar-refractivity contribution in [3.8, 4) is 16.5 Å². The fraction of sp³-hybridized carbons (Fsp3) is 0.0800. The first-order chi connectivity index (χ1) is 15.7. The largest absolute Gasteiger partial charge is 0.484 e. The zero-order chi connectivity index (χ0) is 21.8. The van der Waals surface area contributed by atoms with Crippen LogP contribution in [0.2, 0.25) is 0 Å². The number of benzene rings is 3. The number of carbonyl (C=O) groups excluding carboxylic acids is 1. The number of aromatic nitrogens is 2. The van der Waals surface area contributed by atoms with Gasteiger partial charge in [-0.3, -0.25) is 4.79 Å². The third-order valence-electron chi connectivity index (χ3n) is 4.93. The molecule has 2 heterocycles. The van der Waals surface area contributed by atoms with E-state index < -0.39 is 0 Å². The fourth-order valence-corrected chi connectivity index (χ4v) is 4.03. The Morgan fingerprint density at radius 1 is 0.969 bits per heavy atom. The zero-order valence-electron chi connectivity index (χ0n) is 17.0. The molecule has 0 saturated carbocycles. The smallest absolute Gasteiger partial charge is 0.262 e. The summed E-state index contributed by atoms with van der Waals surface area (Å²) < 4.78 is 11.1. The average Bonchev–Trinajstić information content (AvgIpc) is 3.51. The lowest BCUT2D eigenvalue weighted by Gasteiger charge is -2.11. The number of carbonyl (C=O) groups is 1. The highest BCUT2D eigenvalue weighted by molar-refractivity contribution is 7.13. The second-order valence-electron chi connectivity index (χ2n) is 7.17. The number of rotatable bonds is 7. The van der Waals surface area contributed by atoms with E-state index in [0.717, 1.165) is 21.2 Å². The molecule has 158 valence electrons. The van der Waals surface area contributed by atoms with Crippen molar-refractivity contribution >= 4 is 33.7 Å². The number of hydrogen-bond acceptors (Lipinski definition) is 6. The first kappa shape index (κ1) is 20.0. The highest BCUT2D eigenvalue weighted by Gasteiger charge is 2.13. The van der Waals surface area contributed by atoms with Crippen LogP contribution in [0.1, 0.15) is 11.5 Å².